The van der Waals surface area contributed by atoms with Crippen LogP contribution in [-0.2, 0) is 6.54 Å². The number of halogens is 1. The Morgan fingerprint density at radius 3 is 2.67 bits per heavy atom. The van der Waals surface area contributed by atoms with Gasteiger partial charge < -0.3 is 9.73 Å². The second-order valence-electron chi connectivity index (χ2n) is 4.89. The van der Waals surface area contributed by atoms with Crippen LogP contribution in [0.5, 0.6) is 0 Å². The number of rotatable bonds is 5. The summed E-state index contributed by atoms with van der Waals surface area (Å²) in [4.78, 5) is 1.31. The Morgan fingerprint density at radius 2 is 1.95 bits per heavy atom. The first-order valence-electron chi connectivity index (χ1n) is 6.84. The smallest absolute Gasteiger partial charge is 0.134 e. The summed E-state index contributed by atoms with van der Waals surface area (Å²) in [5, 5.41) is 5.51. The fourth-order valence-corrected chi connectivity index (χ4v) is 2.89. The summed E-state index contributed by atoms with van der Waals surface area (Å²) in [6.07, 6.45) is 0. The largest absolute Gasteiger partial charge is 0.460 e. The fourth-order valence-electron chi connectivity index (χ4n) is 2.13. The zero-order chi connectivity index (χ0) is 14.7. The number of nitrogens with one attached hydrogen (secondary N) is 1. The third kappa shape index (κ3) is 3.40. The molecule has 0 unspecified atom stereocenters. The summed E-state index contributed by atoms with van der Waals surface area (Å²) in [5.41, 5.74) is 0.883. The topological polar surface area (TPSA) is 25.2 Å². The van der Waals surface area contributed by atoms with Crippen LogP contribution in [-0.4, -0.2) is 0 Å². The van der Waals surface area contributed by atoms with Crippen molar-refractivity contribution in [1.29, 1.82) is 0 Å². The Balaban J connectivity index is 1.64. The van der Waals surface area contributed by atoms with E-state index in [4.69, 9.17) is 4.42 Å². The molecule has 0 radical (unpaired) electrons. The van der Waals surface area contributed by atoms with Crippen molar-refractivity contribution in [3.8, 4) is 11.3 Å². The predicted octanol–water partition coefficient (Wildman–Crippen LogP) is 5.00. The molecule has 21 heavy (non-hydrogen) atoms. The van der Waals surface area contributed by atoms with Gasteiger partial charge in [0.1, 0.15) is 17.3 Å². The monoisotopic (exact) mass is 301 g/mol. The van der Waals surface area contributed by atoms with Gasteiger partial charge in [0.15, 0.2) is 0 Å². The van der Waals surface area contributed by atoms with Crippen molar-refractivity contribution in [2.45, 2.75) is 19.5 Å². The second kappa shape index (κ2) is 6.24. The van der Waals surface area contributed by atoms with Gasteiger partial charge in [0, 0.05) is 16.5 Å². The highest BCUT2D eigenvalue weighted by atomic mass is 32.1. The number of benzene rings is 1. The third-order valence-electron chi connectivity index (χ3n) is 3.34. The van der Waals surface area contributed by atoms with Crippen LogP contribution in [0.4, 0.5) is 4.39 Å². The van der Waals surface area contributed by atoms with E-state index in [2.05, 4.69) is 29.8 Å². The lowest BCUT2D eigenvalue weighted by Crippen LogP contribution is -2.16. The van der Waals surface area contributed by atoms with Crippen LogP contribution >= 0.6 is 11.3 Å². The first kappa shape index (κ1) is 14.0. The van der Waals surface area contributed by atoms with E-state index in [0.29, 0.717) is 12.6 Å². The molecule has 2 heterocycles. The molecule has 0 saturated carbocycles. The molecular weight excluding hydrogens is 285 g/mol. The van der Waals surface area contributed by atoms with E-state index in [-0.39, 0.29) is 5.82 Å². The van der Waals surface area contributed by atoms with Crippen molar-refractivity contribution >= 4 is 11.3 Å². The quantitative estimate of drug-likeness (QED) is 0.717. The number of furan rings is 1. The standard InChI is InChI=1S/C17H16FNOS/c1-12(17-3-2-10-21-17)19-11-15-8-9-16(20-15)13-4-6-14(18)7-5-13/h2-10,12,19H,11H2,1H3/t12-/m1/s1. The van der Waals surface area contributed by atoms with E-state index in [1.54, 1.807) is 23.5 Å². The van der Waals surface area contributed by atoms with Gasteiger partial charge >= 0.3 is 0 Å². The molecule has 1 N–H and O–H groups in total. The highest BCUT2D eigenvalue weighted by Gasteiger charge is 2.08. The summed E-state index contributed by atoms with van der Waals surface area (Å²) in [5.74, 6) is 1.39. The molecule has 108 valence electrons. The second-order valence-corrected chi connectivity index (χ2v) is 5.87. The van der Waals surface area contributed by atoms with Crippen LogP contribution in [0.1, 0.15) is 23.6 Å². The molecule has 3 rings (SSSR count). The number of hydrogen-bond donors (Lipinski definition) is 1. The van der Waals surface area contributed by atoms with Crippen molar-refractivity contribution < 1.29 is 8.81 Å². The van der Waals surface area contributed by atoms with Crippen LogP contribution < -0.4 is 5.32 Å². The Kier molecular flexibility index (Phi) is 4.18. The van der Waals surface area contributed by atoms with Crippen LogP contribution in [0.2, 0.25) is 0 Å². The van der Waals surface area contributed by atoms with Gasteiger partial charge in [-0.3, -0.25) is 0 Å². The number of thiophene rings is 1. The molecule has 3 aromatic rings. The maximum Gasteiger partial charge on any atom is 0.134 e. The van der Waals surface area contributed by atoms with E-state index < -0.39 is 0 Å². The van der Waals surface area contributed by atoms with E-state index in [1.165, 1.54) is 17.0 Å². The number of hydrogen-bond acceptors (Lipinski definition) is 3. The van der Waals surface area contributed by atoms with Gasteiger partial charge in [0.25, 0.3) is 0 Å². The molecule has 0 amide bonds. The third-order valence-corrected chi connectivity index (χ3v) is 4.40. The minimum Gasteiger partial charge on any atom is -0.460 e. The van der Waals surface area contributed by atoms with Crippen LogP contribution in [0.25, 0.3) is 11.3 Å². The van der Waals surface area contributed by atoms with E-state index >= 15 is 0 Å². The minimum atomic E-state index is -0.239. The van der Waals surface area contributed by atoms with E-state index in [0.717, 1.165) is 17.1 Å². The summed E-state index contributed by atoms with van der Waals surface area (Å²) in [6, 6.07) is 14.7. The van der Waals surface area contributed by atoms with Crippen molar-refractivity contribution in [2.75, 3.05) is 0 Å². The molecule has 2 nitrogen and oxygen atoms in total. The summed E-state index contributed by atoms with van der Waals surface area (Å²) in [7, 11) is 0. The average Bonchev–Trinajstić information content (AvgIpc) is 3.17. The molecule has 1 atom stereocenters. The molecule has 0 spiro atoms. The molecule has 0 aliphatic rings. The first-order chi connectivity index (χ1) is 10.2. The summed E-state index contributed by atoms with van der Waals surface area (Å²) in [6.45, 7) is 2.80. The van der Waals surface area contributed by atoms with E-state index in [1.807, 2.05) is 12.1 Å². The van der Waals surface area contributed by atoms with Crippen molar-refractivity contribution in [3.63, 3.8) is 0 Å². The average molecular weight is 301 g/mol. The van der Waals surface area contributed by atoms with E-state index in [9.17, 15) is 4.39 Å². The fraction of sp³-hybridized carbons (Fsp3) is 0.176. The minimum absolute atomic E-state index is 0.239. The summed E-state index contributed by atoms with van der Waals surface area (Å²) < 4.78 is 18.7. The molecule has 0 fully saturated rings. The molecule has 0 bridgehead atoms. The lowest BCUT2D eigenvalue weighted by molar-refractivity contribution is 0.470. The maximum atomic E-state index is 12.9. The summed E-state index contributed by atoms with van der Waals surface area (Å²) >= 11 is 1.74. The Bertz CT molecular complexity index is 688. The molecule has 0 saturated heterocycles. The normalized spacial score (nSPS) is 12.5. The lowest BCUT2D eigenvalue weighted by atomic mass is 10.2. The lowest BCUT2D eigenvalue weighted by Gasteiger charge is -2.10. The van der Waals surface area contributed by atoms with Gasteiger partial charge in [0.05, 0.1) is 6.54 Å². The van der Waals surface area contributed by atoms with Gasteiger partial charge in [-0.1, -0.05) is 6.07 Å². The zero-order valence-electron chi connectivity index (χ0n) is 11.7. The molecule has 1 aromatic carbocycles. The maximum absolute atomic E-state index is 12.9. The first-order valence-corrected chi connectivity index (χ1v) is 7.72. The Hall–Kier alpha value is -1.91. The highest BCUT2D eigenvalue weighted by Crippen LogP contribution is 2.23. The van der Waals surface area contributed by atoms with Crippen molar-refractivity contribution in [2.24, 2.45) is 0 Å². The van der Waals surface area contributed by atoms with Crippen LogP contribution in [0.15, 0.2) is 58.3 Å². The van der Waals surface area contributed by atoms with Gasteiger partial charge in [-0.2, -0.15) is 0 Å². The predicted molar refractivity (Wildman–Crippen MR) is 83.7 cm³/mol. The van der Waals surface area contributed by atoms with Crippen LogP contribution in [0.3, 0.4) is 0 Å². The Morgan fingerprint density at radius 1 is 1.14 bits per heavy atom. The van der Waals surface area contributed by atoms with Gasteiger partial charge in [0.2, 0.25) is 0 Å². The molecule has 2 aromatic heterocycles. The van der Waals surface area contributed by atoms with Crippen molar-refractivity contribution in [3.05, 3.63) is 70.4 Å². The van der Waals surface area contributed by atoms with Gasteiger partial charge in [-0.05, 0) is 54.8 Å². The van der Waals surface area contributed by atoms with Gasteiger partial charge in [-0.25, -0.2) is 4.39 Å². The molecule has 4 heteroatoms. The van der Waals surface area contributed by atoms with Crippen LogP contribution in [0, 0.1) is 5.82 Å². The molecular formula is C17H16FNOS. The molecule has 0 aliphatic carbocycles. The highest BCUT2D eigenvalue weighted by molar-refractivity contribution is 7.10. The SMILES string of the molecule is C[C@@H](NCc1ccc(-c2ccc(F)cc2)o1)c1cccs1. The zero-order valence-corrected chi connectivity index (χ0v) is 12.5. The Labute approximate surface area is 127 Å². The van der Waals surface area contributed by atoms with Gasteiger partial charge in [-0.15, -0.1) is 11.3 Å². The van der Waals surface area contributed by atoms with Crippen molar-refractivity contribution in [1.82, 2.24) is 5.32 Å². The molecule has 0 aliphatic heterocycles.